The van der Waals surface area contributed by atoms with Gasteiger partial charge in [-0.3, -0.25) is 9.59 Å². The summed E-state index contributed by atoms with van der Waals surface area (Å²) in [5.74, 6) is -2.96. The van der Waals surface area contributed by atoms with Crippen LogP contribution in [0.1, 0.15) is 52.9 Å². The first-order valence-electron chi connectivity index (χ1n) is 8.02. The molecule has 0 bridgehead atoms. The van der Waals surface area contributed by atoms with E-state index in [1.807, 2.05) is 6.92 Å². The van der Waals surface area contributed by atoms with Crippen LogP contribution in [0.15, 0.2) is 0 Å². The van der Waals surface area contributed by atoms with Crippen LogP contribution in [0.4, 0.5) is 0 Å². The van der Waals surface area contributed by atoms with E-state index in [1.54, 1.807) is 13.8 Å². The Kier molecular flexibility index (Phi) is 7.48. The molecule has 0 heterocycles. The van der Waals surface area contributed by atoms with Gasteiger partial charge in [0.2, 0.25) is 0 Å². The van der Waals surface area contributed by atoms with Crippen LogP contribution in [-0.4, -0.2) is 36.4 Å². The van der Waals surface area contributed by atoms with Crippen molar-refractivity contribution in [2.75, 3.05) is 13.2 Å². The molecule has 132 valence electrons. The molecule has 1 aliphatic rings. The standard InChI is InChI=1S/C16H26O7/c1-4-16(2,3)15(19)22-10-9-21-13(17)11-7-5-6-8-12(11)14(18)23-20/h11-12,20H,4-10H2,1-3H3. The Hall–Kier alpha value is -1.63. The highest BCUT2D eigenvalue weighted by atomic mass is 17.1. The molecule has 1 fully saturated rings. The number of esters is 2. The SMILES string of the molecule is CCC(C)(C)C(=O)OCCOC(=O)C1CCCCC1C(=O)OO. The molecule has 0 amide bonds. The summed E-state index contributed by atoms with van der Waals surface area (Å²) in [6.45, 7) is 5.39. The first kappa shape index (κ1) is 19.4. The lowest BCUT2D eigenvalue weighted by atomic mass is 9.79. The van der Waals surface area contributed by atoms with Gasteiger partial charge in [0.05, 0.1) is 17.3 Å². The van der Waals surface area contributed by atoms with Crippen LogP contribution in [0, 0.1) is 17.3 Å². The number of rotatable bonds is 7. The van der Waals surface area contributed by atoms with Crippen LogP contribution < -0.4 is 0 Å². The predicted octanol–water partition coefficient (Wildman–Crippen LogP) is 2.33. The van der Waals surface area contributed by atoms with E-state index >= 15 is 0 Å². The molecule has 0 aromatic heterocycles. The van der Waals surface area contributed by atoms with E-state index in [1.165, 1.54) is 0 Å². The second-order valence-electron chi connectivity index (χ2n) is 6.45. The van der Waals surface area contributed by atoms with E-state index in [0.29, 0.717) is 19.3 Å². The zero-order valence-corrected chi connectivity index (χ0v) is 14.0. The fourth-order valence-electron chi connectivity index (χ4n) is 2.49. The van der Waals surface area contributed by atoms with E-state index in [9.17, 15) is 14.4 Å². The molecule has 1 N–H and O–H groups in total. The summed E-state index contributed by atoms with van der Waals surface area (Å²) in [5.41, 5.74) is -0.566. The van der Waals surface area contributed by atoms with Crippen molar-refractivity contribution >= 4 is 17.9 Å². The fraction of sp³-hybridized carbons (Fsp3) is 0.812. The molecular formula is C16H26O7. The van der Waals surface area contributed by atoms with Crippen molar-refractivity contribution in [1.29, 1.82) is 0 Å². The quantitative estimate of drug-likeness (QED) is 0.251. The largest absolute Gasteiger partial charge is 0.462 e. The van der Waals surface area contributed by atoms with E-state index in [2.05, 4.69) is 4.89 Å². The van der Waals surface area contributed by atoms with Crippen LogP contribution in [0.5, 0.6) is 0 Å². The summed E-state index contributed by atoms with van der Waals surface area (Å²) in [5, 5.41) is 8.50. The third-order valence-corrected chi connectivity index (χ3v) is 4.46. The molecule has 1 rings (SSSR count). The average molecular weight is 330 g/mol. The average Bonchev–Trinajstić information content (AvgIpc) is 2.57. The van der Waals surface area contributed by atoms with Gasteiger partial charge in [0, 0.05) is 0 Å². The summed E-state index contributed by atoms with van der Waals surface area (Å²) in [7, 11) is 0. The molecule has 0 spiro atoms. The number of ether oxygens (including phenoxy) is 2. The van der Waals surface area contributed by atoms with Crippen molar-refractivity contribution in [3.63, 3.8) is 0 Å². The lowest BCUT2D eigenvalue weighted by Crippen LogP contribution is -2.35. The van der Waals surface area contributed by atoms with Gasteiger partial charge < -0.3 is 14.4 Å². The monoisotopic (exact) mass is 330 g/mol. The first-order valence-corrected chi connectivity index (χ1v) is 8.02. The molecule has 1 aliphatic carbocycles. The lowest BCUT2D eigenvalue weighted by molar-refractivity contribution is -0.242. The van der Waals surface area contributed by atoms with Crippen LogP contribution in [-0.2, 0) is 28.7 Å². The van der Waals surface area contributed by atoms with Crippen LogP contribution in [0.3, 0.4) is 0 Å². The predicted molar refractivity (Wildman–Crippen MR) is 80.2 cm³/mol. The minimum Gasteiger partial charge on any atom is -0.462 e. The molecule has 0 aliphatic heterocycles. The molecule has 0 saturated heterocycles. The van der Waals surface area contributed by atoms with Gasteiger partial charge >= 0.3 is 17.9 Å². The highest BCUT2D eigenvalue weighted by Gasteiger charge is 2.38. The van der Waals surface area contributed by atoms with Gasteiger partial charge in [-0.1, -0.05) is 19.8 Å². The third kappa shape index (κ3) is 5.49. The Morgan fingerprint density at radius 1 is 1.00 bits per heavy atom. The van der Waals surface area contributed by atoms with E-state index in [-0.39, 0.29) is 19.2 Å². The Labute approximate surface area is 136 Å². The smallest absolute Gasteiger partial charge is 0.345 e. The normalized spacial score (nSPS) is 21.4. The maximum absolute atomic E-state index is 12.1. The second kappa shape index (κ2) is 8.86. The molecule has 2 unspecified atom stereocenters. The molecule has 1 saturated carbocycles. The Bertz CT molecular complexity index is 430. The minimum absolute atomic E-state index is 0.0180. The van der Waals surface area contributed by atoms with Gasteiger partial charge in [-0.05, 0) is 33.1 Å². The lowest BCUT2D eigenvalue weighted by Gasteiger charge is -2.27. The van der Waals surface area contributed by atoms with Crippen molar-refractivity contribution in [3.05, 3.63) is 0 Å². The van der Waals surface area contributed by atoms with Gasteiger partial charge in [0.15, 0.2) is 0 Å². The first-order chi connectivity index (χ1) is 10.8. The van der Waals surface area contributed by atoms with Crippen molar-refractivity contribution < 1.29 is 34.0 Å². The third-order valence-electron chi connectivity index (χ3n) is 4.46. The Balaban J connectivity index is 2.40. The number of carbonyl (C=O) groups excluding carboxylic acids is 3. The minimum atomic E-state index is -0.803. The molecule has 0 aromatic carbocycles. The summed E-state index contributed by atoms with van der Waals surface area (Å²) in [6, 6.07) is 0. The van der Waals surface area contributed by atoms with Crippen molar-refractivity contribution in [2.24, 2.45) is 17.3 Å². The second-order valence-corrected chi connectivity index (χ2v) is 6.45. The maximum atomic E-state index is 12.1. The Morgan fingerprint density at radius 3 is 2.04 bits per heavy atom. The van der Waals surface area contributed by atoms with Crippen molar-refractivity contribution in [3.8, 4) is 0 Å². The van der Waals surface area contributed by atoms with Gasteiger partial charge in [-0.2, -0.15) is 5.26 Å². The van der Waals surface area contributed by atoms with Gasteiger partial charge in [0.25, 0.3) is 0 Å². The van der Waals surface area contributed by atoms with E-state index in [0.717, 1.165) is 12.8 Å². The fourth-order valence-corrected chi connectivity index (χ4v) is 2.49. The molecule has 0 radical (unpaired) electrons. The molecule has 0 aromatic rings. The number of hydrogen-bond donors (Lipinski definition) is 1. The summed E-state index contributed by atoms with van der Waals surface area (Å²) in [4.78, 5) is 39.1. The zero-order chi connectivity index (χ0) is 17.5. The van der Waals surface area contributed by atoms with E-state index < -0.39 is 29.2 Å². The zero-order valence-electron chi connectivity index (χ0n) is 14.0. The highest BCUT2D eigenvalue weighted by Crippen LogP contribution is 2.31. The van der Waals surface area contributed by atoms with Crippen molar-refractivity contribution in [2.45, 2.75) is 52.9 Å². The topological polar surface area (TPSA) is 99.1 Å². The molecule has 7 heteroatoms. The van der Waals surface area contributed by atoms with E-state index in [4.69, 9.17) is 14.7 Å². The summed E-state index contributed by atoms with van der Waals surface area (Å²) < 4.78 is 10.2. The van der Waals surface area contributed by atoms with Crippen LogP contribution >= 0.6 is 0 Å². The van der Waals surface area contributed by atoms with Gasteiger partial charge in [-0.15, -0.1) is 0 Å². The summed E-state index contributed by atoms with van der Waals surface area (Å²) in [6.07, 6.45) is 3.26. The molecule has 7 nitrogen and oxygen atoms in total. The van der Waals surface area contributed by atoms with Gasteiger partial charge in [-0.25, -0.2) is 4.79 Å². The van der Waals surface area contributed by atoms with Crippen molar-refractivity contribution in [1.82, 2.24) is 0 Å². The molecule has 2 atom stereocenters. The number of carbonyl (C=O) groups is 3. The Morgan fingerprint density at radius 2 is 1.52 bits per heavy atom. The maximum Gasteiger partial charge on any atom is 0.345 e. The highest BCUT2D eigenvalue weighted by molar-refractivity contribution is 5.82. The van der Waals surface area contributed by atoms with Crippen LogP contribution in [0.2, 0.25) is 0 Å². The van der Waals surface area contributed by atoms with Gasteiger partial charge in [0.1, 0.15) is 13.2 Å². The molecular weight excluding hydrogens is 304 g/mol. The van der Waals surface area contributed by atoms with Crippen LogP contribution in [0.25, 0.3) is 0 Å². The molecule has 23 heavy (non-hydrogen) atoms. The number of hydrogen-bond acceptors (Lipinski definition) is 7. The summed E-state index contributed by atoms with van der Waals surface area (Å²) >= 11 is 0.